The van der Waals surface area contributed by atoms with Crippen LogP contribution >= 0.6 is 0 Å². The summed E-state index contributed by atoms with van der Waals surface area (Å²) in [4.78, 5) is 4.62. The molecular formula is C14H20N4O. The van der Waals surface area contributed by atoms with E-state index in [4.69, 9.17) is 0 Å². The van der Waals surface area contributed by atoms with Crippen molar-refractivity contribution in [3.8, 4) is 0 Å². The lowest BCUT2D eigenvalue weighted by molar-refractivity contribution is 0.146. The zero-order valence-corrected chi connectivity index (χ0v) is 11.1. The Labute approximate surface area is 112 Å². The lowest BCUT2D eigenvalue weighted by atomic mass is 10.1. The molecule has 1 fully saturated rings. The third kappa shape index (κ3) is 2.49. The standard InChI is InChI=1S/C14H20N4O/c1-18-12-5-3-2-4-11(12)17-14(18)9-16-7-10-6-15-8-13(10)19/h2-5,10,13,15-16,19H,6-9H2,1H3. The van der Waals surface area contributed by atoms with Crippen LogP contribution in [0.2, 0.25) is 0 Å². The fraction of sp³-hybridized carbons (Fsp3) is 0.500. The lowest BCUT2D eigenvalue weighted by Gasteiger charge is -2.13. The third-order valence-corrected chi connectivity index (χ3v) is 3.87. The van der Waals surface area contributed by atoms with Crippen molar-refractivity contribution in [1.82, 2.24) is 20.2 Å². The van der Waals surface area contributed by atoms with E-state index < -0.39 is 0 Å². The van der Waals surface area contributed by atoms with E-state index in [2.05, 4.69) is 26.3 Å². The van der Waals surface area contributed by atoms with E-state index in [0.29, 0.717) is 12.5 Å². The summed E-state index contributed by atoms with van der Waals surface area (Å²) in [5.74, 6) is 1.33. The molecule has 3 rings (SSSR count). The van der Waals surface area contributed by atoms with Gasteiger partial charge in [0, 0.05) is 32.6 Å². The number of imidazole rings is 1. The molecule has 0 aliphatic carbocycles. The smallest absolute Gasteiger partial charge is 0.123 e. The van der Waals surface area contributed by atoms with E-state index in [1.165, 1.54) is 0 Å². The van der Waals surface area contributed by atoms with Gasteiger partial charge in [-0.25, -0.2) is 4.98 Å². The highest BCUT2D eigenvalue weighted by molar-refractivity contribution is 5.75. The van der Waals surface area contributed by atoms with Crippen LogP contribution in [0.25, 0.3) is 11.0 Å². The zero-order chi connectivity index (χ0) is 13.2. The molecule has 1 aliphatic heterocycles. The Bertz CT molecular complexity index is 566. The SMILES string of the molecule is Cn1c(CNCC2CNCC2O)nc2ccccc21. The summed E-state index contributed by atoms with van der Waals surface area (Å²) in [5.41, 5.74) is 2.19. The van der Waals surface area contributed by atoms with Gasteiger partial charge in [0.25, 0.3) is 0 Å². The number of aromatic nitrogens is 2. The molecule has 0 radical (unpaired) electrons. The zero-order valence-electron chi connectivity index (χ0n) is 11.1. The molecule has 1 aromatic carbocycles. The number of nitrogens with zero attached hydrogens (tertiary/aromatic N) is 2. The largest absolute Gasteiger partial charge is 0.391 e. The number of aryl methyl sites for hydroxylation is 1. The Morgan fingerprint density at radius 3 is 3.00 bits per heavy atom. The third-order valence-electron chi connectivity index (χ3n) is 3.87. The molecular weight excluding hydrogens is 240 g/mol. The second-order valence-corrected chi connectivity index (χ2v) is 5.19. The molecule has 1 saturated heterocycles. The summed E-state index contributed by atoms with van der Waals surface area (Å²) >= 11 is 0. The van der Waals surface area contributed by atoms with E-state index >= 15 is 0 Å². The molecule has 1 aliphatic rings. The fourth-order valence-electron chi connectivity index (χ4n) is 2.65. The molecule has 2 atom stereocenters. The molecule has 0 saturated carbocycles. The predicted octanol–water partition coefficient (Wildman–Crippen LogP) is 0.243. The van der Waals surface area contributed by atoms with E-state index in [1.807, 2.05) is 25.2 Å². The van der Waals surface area contributed by atoms with Gasteiger partial charge in [-0.1, -0.05) is 12.1 Å². The number of fused-ring (bicyclic) bond motifs is 1. The van der Waals surface area contributed by atoms with Gasteiger partial charge in [0.05, 0.1) is 23.7 Å². The number of aliphatic hydroxyl groups excluding tert-OH is 1. The number of hydrogen-bond acceptors (Lipinski definition) is 4. The molecule has 1 aromatic heterocycles. The number of benzene rings is 1. The molecule has 0 bridgehead atoms. The Morgan fingerprint density at radius 2 is 2.26 bits per heavy atom. The number of nitrogens with one attached hydrogen (secondary N) is 2. The normalized spacial score (nSPS) is 23.3. The second-order valence-electron chi connectivity index (χ2n) is 5.19. The van der Waals surface area contributed by atoms with E-state index in [0.717, 1.165) is 36.5 Å². The molecule has 0 spiro atoms. The maximum absolute atomic E-state index is 9.73. The van der Waals surface area contributed by atoms with Gasteiger partial charge < -0.3 is 20.3 Å². The first-order valence-corrected chi connectivity index (χ1v) is 6.75. The van der Waals surface area contributed by atoms with Gasteiger partial charge in [0.1, 0.15) is 5.82 Å². The van der Waals surface area contributed by atoms with Crippen LogP contribution in [0.3, 0.4) is 0 Å². The molecule has 5 nitrogen and oxygen atoms in total. The Morgan fingerprint density at radius 1 is 1.42 bits per heavy atom. The average molecular weight is 260 g/mol. The van der Waals surface area contributed by atoms with Gasteiger partial charge in [-0.05, 0) is 12.1 Å². The molecule has 2 aromatic rings. The second kappa shape index (κ2) is 5.28. The van der Waals surface area contributed by atoms with Crippen LogP contribution in [-0.2, 0) is 13.6 Å². The van der Waals surface area contributed by atoms with Crippen molar-refractivity contribution < 1.29 is 5.11 Å². The van der Waals surface area contributed by atoms with Gasteiger partial charge >= 0.3 is 0 Å². The first-order valence-electron chi connectivity index (χ1n) is 6.75. The van der Waals surface area contributed by atoms with Crippen molar-refractivity contribution >= 4 is 11.0 Å². The van der Waals surface area contributed by atoms with Gasteiger partial charge in [-0.15, -0.1) is 0 Å². The van der Waals surface area contributed by atoms with Crippen molar-refractivity contribution in [2.45, 2.75) is 12.6 Å². The summed E-state index contributed by atoms with van der Waals surface area (Å²) in [7, 11) is 2.04. The Hall–Kier alpha value is -1.43. The number of aliphatic hydroxyl groups is 1. The summed E-state index contributed by atoms with van der Waals surface area (Å²) in [6.45, 7) is 3.14. The minimum Gasteiger partial charge on any atom is -0.391 e. The van der Waals surface area contributed by atoms with Crippen molar-refractivity contribution in [2.24, 2.45) is 13.0 Å². The lowest BCUT2D eigenvalue weighted by Crippen LogP contribution is -2.30. The van der Waals surface area contributed by atoms with Crippen molar-refractivity contribution in [2.75, 3.05) is 19.6 Å². The maximum Gasteiger partial charge on any atom is 0.123 e. The monoisotopic (exact) mass is 260 g/mol. The molecule has 2 heterocycles. The topological polar surface area (TPSA) is 62.1 Å². The highest BCUT2D eigenvalue weighted by Crippen LogP contribution is 2.14. The van der Waals surface area contributed by atoms with Crippen molar-refractivity contribution in [1.29, 1.82) is 0 Å². The maximum atomic E-state index is 9.73. The molecule has 3 N–H and O–H groups in total. The van der Waals surface area contributed by atoms with Crippen LogP contribution < -0.4 is 10.6 Å². The van der Waals surface area contributed by atoms with Gasteiger partial charge in [-0.3, -0.25) is 0 Å². The highest BCUT2D eigenvalue weighted by atomic mass is 16.3. The Kier molecular flexibility index (Phi) is 3.50. The molecule has 0 amide bonds. The number of rotatable bonds is 4. The van der Waals surface area contributed by atoms with E-state index in [-0.39, 0.29) is 6.10 Å². The summed E-state index contributed by atoms with van der Waals surface area (Å²) in [5, 5.41) is 16.3. The first-order chi connectivity index (χ1) is 9.25. The van der Waals surface area contributed by atoms with Crippen LogP contribution in [0.15, 0.2) is 24.3 Å². The first kappa shape index (κ1) is 12.6. The summed E-state index contributed by atoms with van der Waals surface area (Å²) in [6.07, 6.45) is -0.229. The molecule has 5 heteroatoms. The van der Waals surface area contributed by atoms with Crippen LogP contribution in [-0.4, -0.2) is 40.4 Å². The average Bonchev–Trinajstić information content (AvgIpc) is 2.96. The van der Waals surface area contributed by atoms with Crippen molar-refractivity contribution in [3.63, 3.8) is 0 Å². The predicted molar refractivity (Wildman–Crippen MR) is 74.8 cm³/mol. The quantitative estimate of drug-likeness (QED) is 0.737. The number of para-hydroxylation sites is 2. The van der Waals surface area contributed by atoms with Crippen LogP contribution in [0.4, 0.5) is 0 Å². The van der Waals surface area contributed by atoms with Crippen LogP contribution in [0.5, 0.6) is 0 Å². The minimum atomic E-state index is -0.229. The Balaban J connectivity index is 1.63. The van der Waals surface area contributed by atoms with E-state index in [9.17, 15) is 5.11 Å². The molecule has 102 valence electrons. The number of β-amino-alcohol motifs (C(OH)–C–C–N with tert-alkyl or cyclic N) is 1. The summed E-state index contributed by atoms with van der Waals surface area (Å²) in [6, 6.07) is 8.15. The number of hydrogen-bond donors (Lipinski definition) is 3. The van der Waals surface area contributed by atoms with Gasteiger partial charge in [0.2, 0.25) is 0 Å². The summed E-state index contributed by atoms with van der Waals surface area (Å²) < 4.78 is 2.12. The van der Waals surface area contributed by atoms with Crippen LogP contribution in [0.1, 0.15) is 5.82 Å². The van der Waals surface area contributed by atoms with Crippen LogP contribution in [0, 0.1) is 5.92 Å². The molecule has 19 heavy (non-hydrogen) atoms. The van der Waals surface area contributed by atoms with Gasteiger partial charge in [-0.2, -0.15) is 0 Å². The fourth-order valence-corrected chi connectivity index (χ4v) is 2.65. The molecule has 2 unspecified atom stereocenters. The van der Waals surface area contributed by atoms with E-state index in [1.54, 1.807) is 0 Å². The van der Waals surface area contributed by atoms with Gasteiger partial charge in [0.15, 0.2) is 0 Å². The highest BCUT2D eigenvalue weighted by Gasteiger charge is 2.24. The minimum absolute atomic E-state index is 0.229. The van der Waals surface area contributed by atoms with Crippen molar-refractivity contribution in [3.05, 3.63) is 30.1 Å².